The molecule has 0 amide bonds. The van der Waals surface area contributed by atoms with Gasteiger partial charge in [0.1, 0.15) is 0 Å². The average Bonchev–Trinajstić information content (AvgIpc) is 2.59. The lowest BCUT2D eigenvalue weighted by Crippen LogP contribution is -2.05. The van der Waals surface area contributed by atoms with Crippen LogP contribution in [0.3, 0.4) is 0 Å². The topological polar surface area (TPSA) is 27.7 Å². The summed E-state index contributed by atoms with van der Waals surface area (Å²) in [5.41, 5.74) is 2.16. The van der Waals surface area contributed by atoms with Crippen LogP contribution < -0.4 is 0 Å². The minimum Gasteiger partial charge on any atom is -0.349 e. The Morgan fingerprint density at radius 3 is 1.87 bits per heavy atom. The first-order valence-electron chi connectivity index (χ1n) is 5.34. The van der Waals surface area contributed by atoms with Gasteiger partial charge in [-0.1, -0.05) is 24.3 Å². The second-order valence-electron chi connectivity index (χ2n) is 3.34. The Labute approximate surface area is 90.0 Å². The van der Waals surface area contributed by atoms with E-state index in [0.29, 0.717) is 13.2 Å². The van der Waals surface area contributed by atoms with Crippen LogP contribution in [0, 0.1) is 0 Å². The summed E-state index contributed by atoms with van der Waals surface area (Å²) in [5, 5.41) is 0. The molecule has 0 spiro atoms. The lowest BCUT2D eigenvalue weighted by atomic mass is 10.1. The monoisotopic (exact) mass is 208 g/mol. The first kappa shape index (κ1) is 10.6. The quantitative estimate of drug-likeness (QED) is 0.761. The number of hydrogen-bond acceptors (Lipinski definition) is 3. The molecule has 15 heavy (non-hydrogen) atoms. The van der Waals surface area contributed by atoms with Crippen LogP contribution in [0.15, 0.2) is 24.3 Å². The molecule has 1 aliphatic rings. The van der Waals surface area contributed by atoms with Crippen molar-refractivity contribution < 1.29 is 14.2 Å². The maximum atomic E-state index is 5.67. The Morgan fingerprint density at radius 2 is 1.47 bits per heavy atom. The minimum atomic E-state index is -0.275. The molecule has 0 saturated heterocycles. The molecule has 1 heterocycles. The molecule has 0 N–H and O–H groups in total. The van der Waals surface area contributed by atoms with Crippen molar-refractivity contribution in [1.29, 1.82) is 0 Å². The predicted molar refractivity (Wildman–Crippen MR) is 56.3 cm³/mol. The molecule has 0 bridgehead atoms. The van der Waals surface area contributed by atoms with Crippen molar-refractivity contribution in [2.45, 2.75) is 26.4 Å². The zero-order chi connectivity index (χ0) is 10.7. The number of hydrogen-bond donors (Lipinski definition) is 0. The normalized spacial score (nSPS) is 24.1. The van der Waals surface area contributed by atoms with Crippen molar-refractivity contribution in [3.8, 4) is 0 Å². The van der Waals surface area contributed by atoms with Gasteiger partial charge in [-0.05, 0) is 13.8 Å². The molecule has 0 saturated carbocycles. The largest absolute Gasteiger partial charge is 0.349 e. The molecule has 2 rings (SSSR count). The third-order valence-electron chi connectivity index (χ3n) is 2.39. The maximum absolute atomic E-state index is 5.67. The highest BCUT2D eigenvalue weighted by Crippen LogP contribution is 2.39. The molecule has 0 aromatic heterocycles. The highest BCUT2D eigenvalue weighted by molar-refractivity contribution is 5.32. The fourth-order valence-corrected chi connectivity index (χ4v) is 1.76. The maximum Gasteiger partial charge on any atom is 0.187 e. The molecule has 2 atom stereocenters. The predicted octanol–water partition coefficient (Wildman–Crippen LogP) is 2.79. The lowest BCUT2D eigenvalue weighted by molar-refractivity contribution is -0.232. The highest BCUT2D eigenvalue weighted by Gasteiger charge is 2.32. The van der Waals surface area contributed by atoms with Crippen LogP contribution in [0.4, 0.5) is 0 Å². The van der Waals surface area contributed by atoms with Crippen LogP contribution in [-0.2, 0) is 14.2 Å². The standard InChI is InChI=1S/C12H16O3/c1-3-13-11-9-7-5-6-8-10(9)12(15-11)14-4-2/h5-8,11-12H,3-4H2,1-2H3. The zero-order valence-electron chi connectivity index (χ0n) is 9.10. The Balaban J connectivity index is 2.22. The van der Waals surface area contributed by atoms with Gasteiger partial charge in [-0.15, -0.1) is 0 Å². The molecular weight excluding hydrogens is 192 g/mol. The summed E-state index contributed by atoms with van der Waals surface area (Å²) in [5.74, 6) is 0. The molecule has 0 fully saturated rings. The van der Waals surface area contributed by atoms with Gasteiger partial charge in [0.2, 0.25) is 0 Å². The Hall–Kier alpha value is -0.900. The molecule has 2 unspecified atom stereocenters. The van der Waals surface area contributed by atoms with Crippen LogP contribution in [0.5, 0.6) is 0 Å². The van der Waals surface area contributed by atoms with E-state index >= 15 is 0 Å². The van der Waals surface area contributed by atoms with Gasteiger partial charge in [-0.3, -0.25) is 0 Å². The molecule has 3 nitrogen and oxygen atoms in total. The fourth-order valence-electron chi connectivity index (χ4n) is 1.76. The summed E-state index contributed by atoms with van der Waals surface area (Å²) in [4.78, 5) is 0. The van der Waals surface area contributed by atoms with Crippen molar-refractivity contribution in [1.82, 2.24) is 0 Å². The fraction of sp³-hybridized carbons (Fsp3) is 0.500. The lowest BCUT2D eigenvalue weighted by Gasteiger charge is -2.13. The van der Waals surface area contributed by atoms with Crippen LogP contribution in [0.25, 0.3) is 0 Å². The number of benzene rings is 1. The van der Waals surface area contributed by atoms with Gasteiger partial charge < -0.3 is 14.2 Å². The van der Waals surface area contributed by atoms with Crippen LogP contribution in [0.1, 0.15) is 37.6 Å². The van der Waals surface area contributed by atoms with Crippen LogP contribution >= 0.6 is 0 Å². The molecule has 1 aromatic rings. The summed E-state index contributed by atoms with van der Waals surface area (Å²) < 4.78 is 16.7. The van der Waals surface area contributed by atoms with Gasteiger partial charge in [-0.25, -0.2) is 0 Å². The number of ether oxygens (including phenoxy) is 3. The minimum absolute atomic E-state index is 0.275. The van der Waals surface area contributed by atoms with E-state index in [0.717, 1.165) is 11.1 Å². The zero-order valence-corrected chi connectivity index (χ0v) is 9.10. The van der Waals surface area contributed by atoms with Crippen molar-refractivity contribution in [2.75, 3.05) is 13.2 Å². The summed E-state index contributed by atoms with van der Waals surface area (Å²) in [6.45, 7) is 5.19. The average molecular weight is 208 g/mol. The van der Waals surface area contributed by atoms with E-state index in [1.165, 1.54) is 0 Å². The van der Waals surface area contributed by atoms with E-state index in [1.807, 2.05) is 38.1 Å². The Morgan fingerprint density at radius 1 is 1.00 bits per heavy atom. The van der Waals surface area contributed by atoms with E-state index in [-0.39, 0.29) is 12.6 Å². The van der Waals surface area contributed by atoms with Crippen molar-refractivity contribution in [3.05, 3.63) is 35.4 Å². The van der Waals surface area contributed by atoms with E-state index in [4.69, 9.17) is 14.2 Å². The summed E-state index contributed by atoms with van der Waals surface area (Å²) in [7, 11) is 0. The third-order valence-corrected chi connectivity index (χ3v) is 2.39. The third kappa shape index (κ3) is 2.04. The Kier molecular flexibility index (Phi) is 3.36. The summed E-state index contributed by atoms with van der Waals surface area (Å²) >= 11 is 0. The summed E-state index contributed by atoms with van der Waals surface area (Å²) in [6, 6.07) is 8.02. The second-order valence-corrected chi connectivity index (χ2v) is 3.34. The van der Waals surface area contributed by atoms with Gasteiger partial charge >= 0.3 is 0 Å². The van der Waals surface area contributed by atoms with Gasteiger partial charge in [0, 0.05) is 24.3 Å². The van der Waals surface area contributed by atoms with Crippen molar-refractivity contribution in [3.63, 3.8) is 0 Å². The number of rotatable bonds is 4. The second kappa shape index (κ2) is 4.75. The molecule has 1 aromatic carbocycles. The van der Waals surface area contributed by atoms with Crippen LogP contribution in [0.2, 0.25) is 0 Å². The van der Waals surface area contributed by atoms with Crippen molar-refractivity contribution >= 4 is 0 Å². The van der Waals surface area contributed by atoms with Crippen LogP contribution in [-0.4, -0.2) is 13.2 Å². The van der Waals surface area contributed by atoms with Gasteiger partial charge in [0.25, 0.3) is 0 Å². The van der Waals surface area contributed by atoms with E-state index in [1.54, 1.807) is 0 Å². The highest BCUT2D eigenvalue weighted by atomic mass is 16.8. The first-order chi connectivity index (χ1) is 7.36. The molecule has 0 radical (unpaired) electrons. The molecule has 82 valence electrons. The SMILES string of the molecule is CCOC1OC(OCC)c2ccccc21. The molecule has 0 aliphatic carbocycles. The molecular formula is C12H16O3. The first-order valence-corrected chi connectivity index (χ1v) is 5.34. The Bertz CT molecular complexity index is 293. The van der Waals surface area contributed by atoms with E-state index < -0.39 is 0 Å². The molecule has 1 aliphatic heterocycles. The van der Waals surface area contributed by atoms with Gasteiger partial charge in [0.15, 0.2) is 12.6 Å². The molecule has 3 heteroatoms. The summed E-state index contributed by atoms with van der Waals surface area (Å²) in [6.07, 6.45) is -0.550. The van der Waals surface area contributed by atoms with Crippen molar-refractivity contribution in [2.24, 2.45) is 0 Å². The van der Waals surface area contributed by atoms with Gasteiger partial charge in [0.05, 0.1) is 0 Å². The number of fused-ring (bicyclic) bond motifs is 1. The smallest absolute Gasteiger partial charge is 0.187 e. The van der Waals surface area contributed by atoms with Gasteiger partial charge in [-0.2, -0.15) is 0 Å². The van der Waals surface area contributed by atoms with E-state index in [2.05, 4.69) is 0 Å². The van der Waals surface area contributed by atoms with E-state index in [9.17, 15) is 0 Å².